The van der Waals surface area contributed by atoms with Crippen molar-refractivity contribution in [1.29, 1.82) is 10.5 Å². The van der Waals surface area contributed by atoms with Crippen LogP contribution in [0.2, 0.25) is 0 Å². The number of aromatic nitrogens is 1. The van der Waals surface area contributed by atoms with E-state index in [0.29, 0.717) is 5.56 Å². The van der Waals surface area contributed by atoms with Crippen molar-refractivity contribution in [2.45, 2.75) is 6.42 Å². The molecule has 1 aromatic carbocycles. The van der Waals surface area contributed by atoms with Gasteiger partial charge in [0.25, 0.3) is 5.91 Å². The van der Waals surface area contributed by atoms with E-state index in [4.69, 9.17) is 10.5 Å². The van der Waals surface area contributed by atoms with Gasteiger partial charge in [0.05, 0.1) is 6.07 Å². The summed E-state index contributed by atoms with van der Waals surface area (Å²) in [6.07, 6.45) is 2.64. The van der Waals surface area contributed by atoms with E-state index in [0.717, 1.165) is 10.9 Å². The highest BCUT2D eigenvalue weighted by molar-refractivity contribution is 6.10. The first-order chi connectivity index (χ1) is 10.2. The van der Waals surface area contributed by atoms with Crippen LogP contribution in [0.15, 0.2) is 36.0 Å². The summed E-state index contributed by atoms with van der Waals surface area (Å²) in [7, 11) is 0. The Morgan fingerprint density at radius 3 is 2.76 bits per heavy atom. The van der Waals surface area contributed by atoms with Gasteiger partial charge in [-0.15, -0.1) is 0 Å². The van der Waals surface area contributed by atoms with Gasteiger partial charge in [0.15, 0.2) is 0 Å². The van der Waals surface area contributed by atoms with Crippen molar-refractivity contribution in [3.8, 4) is 12.1 Å². The van der Waals surface area contributed by atoms with Gasteiger partial charge < -0.3 is 4.98 Å². The molecule has 0 aliphatic rings. The first-order valence-corrected chi connectivity index (χ1v) is 6.04. The van der Waals surface area contributed by atoms with Crippen molar-refractivity contribution in [1.82, 2.24) is 10.3 Å². The molecule has 2 amide bonds. The maximum atomic E-state index is 11.8. The molecule has 1 aromatic heterocycles. The molecule has 0 atom stereocenters. The summed E-state index contributed by atoms with van der Waals surface area (Å²) in [5.41, 5.74) is 1.35. The molecule has 2 N–H and O–H groups in total. The number of hydrogen-bond donors (Lipinski definition) is 2. The van der Waals surface area contributed by atoms with Gasteiger partial charge >= 0.3 is 0 Å². The van der Waals surface area contributed by atoms with Crippen LogP contribution in [-0.4, -0.2) is 16.8 Å². The van der Waals surface area contributed by atoms with Gasteiger partial charge in [-0.1, -0.05) is 18.2 Å². The van der Waals surface area contributed by atoms with Crippen LogP contribution in [0.1, 0.15) is 12.0 Å². The monoisotopic (exact) mass is 278 g/mol. The summed E-state index contributed by atoms with van der Waals surface area (Å²) < 4.78 is 0. The highest BCUT2D eigenvalue weighted by atomic mass is 16.2. The molecule has 1 heterocycles. The second-order valence-electron chi connectivity index (χ2n) is 4.17. The van der Waals surface area contributed by atoms with Crippen LogP contribution >= 0.6 is 0 Å². The Hall–Kier alpha value is -3.38. The average molecular weight is 278 g/mol. The van der Waals surface area contributed by atoms with E-state index in [1.165, 1.54) is 6.08 Å². The Morgan fingerprint density at radius 2 is 2.05 bits per heavy atom. The number of H-pyrrole nitrogens is 1. The Labute approximate surface area is 120 Å². The molecule has 0 saturated heterocycles. The highest BCUT2D eigenvalue weighted by Crippen LogP contribution is 2.20. The lowest BCUT2D eigenvalue weighted by Crippen LogP contribution is -2.30. The summed E-state index contributed by atoms with van der Waals surface area (Å²) in [6, 6.07) is 10.8. The molecule has 0 saturated carbocycles. The number of hydrogen-bond acceptors (Lipinski definition) is 4. The summed E-state index contributed by atoms with van der Waals surface area (Å²) >= 11 is 0. The van der Waals surface area contributed by atoms with Gasteiger partial charge in [-0.2, -0.15) is 10.5 Å². The number of benzene rings is 1. The third-order valence-electron chi connectivity index (χ3n) is 2.78. The number of rotatable bonds is 3. The van der Waals surface area contributed by atoms with Gasteiger partial charge in [-0.3, -0.25) is 14.9 Å². The number of aromatic amines is 1. The maximum absolute atomic E-state index is 11.8. The van der Waals surface area contributed by atoms with Gasteiger partial charge in [0.2, 0.25) is 5.91 Å². The molecule has 0 unspecified atom stereocenters. The molecule has 6 heteroatoms. The van der Waals surface area contributed by atoms with Crippen LogP contribution in [-0.2, 0) is 9.59 Å². The molecular weight excluding hydrogens is 268 g/mol. The third-order valence-corrected chi connectivity index (χ3v) is 2.78. The minimum atomic E-state index is -0.817. The van der Waals surface area contributed by atoms with Gasteiger partial charge in [0.1, 0.15) is 18.1 Å². The zero-order valence-electron chi connectivity index (χ0n) is 10.9. The topological polar surface area (TPSA) is 110 Å². The number of imide groups is 1. The molecule has 0 radical (unpaired) electrons. The van der Waals surface area contributed by atoms with E-state index in [2.05, 4.69) is 4.98 Å². The number of nitrogens with zero attached hydrogens (tertiary/aromatic N) is 2. The fraction of sp³-hybridized carbons (Fsp3) is 0.0667. The lowest BCUT2D eigenvalue weighted by molar-refractivity contribution is -0.127. The van der Waals surface area contributed by atoms with Crippen LogP contribution in [0, 0.1) is 22.7 Å². The van der Waals surface area contributed by atoms with Crippen molar-refractivity contribution in [2.75, 3.05) is 0 Å². The highest BCUT2D eigenvalue weighted by Gasteiger charge is 2.13. The number of carbonyl (C=O) groups is 2. The van der Waals surface area contributed by atoms with E-state index < -0.39 is 18.2 Å². The van der Waals surface area contributed by atoms with Crippen LogP contribution in [0.25, 0.3) is 17.0 Å². The van der Waals surface area contributed by atoms with Crippen LogP contribution in [0.4, 0.5) is 0 Å². The zero-order valence-corrected chi connectivity index (χ0v) is 10.9. The number of para-hydroxylation sites is 1. The first-order valence-electron chi connectivity index (χ1n) is 6.04. The molecule has 0 spiro atoms. The van der Waals surface area contributed by atoms with Gasteiger partial charge in [-0.05, 0) is 12.1 Å². The smallest absolute Gasteiger partial charge is 0.268 e. The number of nitrogens with one attached hydrogen (secondary N) is 2. The van der Waals surface area contributed by atoms with Gasteiger partial charge in [-0.25, -0.2) is 0 Å². The summed E-state index contributed by atoms with van der Waals surface area (Å²) in [4.78, 5) is 26.0. The molecule has 0 bridgehead atoms. The van der Waals surface area contributed by atoms with E-state index >= 15 is 0 Å². The van der Waals surface area contributed by atoms with Crippen molar-refractivity contribution in [3.05, 3.63) is 41.6 Å². The average Bonchev–Trinajstić information content (AvgIpc) is 2.88. The maximum Gasteiger partial charge on any atom is 0.268 e. The number of fused-ring (bicyclic) bond motifs is 1. The molecule has 21 heavy (non-hydrogen) atoms. The predicted octanol–water partition coefficient (Wildman–Crippen LogP) is 1.63. The third kappa shape index (κ3) is 3.14. The number of amides is 2. The molecule has 0 fully saturated rings. The van der Waals surface area contributed by atoms with Crippen molar-refractivity contribution < 1.29 is 9.59 Å². The number of nitriles is 2. The first kappa shape index (κ1) is 14.0. The minimum absolute atomic E-state index is 0.203. The second-order valence-corrected chi connectivity index (χ2v) is 4.17. The quantitative estimate of drug-likeness (QED) is 0.656. The Morgan fingerprint density at radius 1 is 1.29 bits per heavy atom. The second kappa shape index (κ2) is 6.18. The van der Waals surface area contributed by atoms with Crippen molar-refractivity contribution in [3.63, 3.8) is 0 Å². The van der Waals surface area contributed by atoms with Crippen LogP contribution in [0.5, 0.6) is 0 Å². The molecule has 0 aliphatic carbocycles. The molecule has 0 aliphatic heterocycles. The van der Waals surface area contributed by atoms with E-state index in [1.807, 2.05) is 29.6 Å². The number of carbonyl (C=O) groups excluding carboxylic acids is 2. The summed E-state index contributed by atoms with van der Waals surface area (Å²) in [5.74, 6) is -1.55. The zero-order chi connectivity index (χ0) is 15.2. The standard InChI is InChI=1S/C15H10N4O2/c16-6-5-14(20)19-15(21)10(8-17)7-11-9-18-13-4-2-1-3-12(11)13/h1-4,7,9,18H,5H2,(H,19,20,21)/b10-7+. The fourth-order valence-corrected chi connectivity index (χ4v) is 1.83. The summed E-state index contributed by atoms with van der Waals surface area (Å²) in [6.45, 7) is 0. The predicted molar refractivity (Wildman–Crippen MR) is 75.3 cm³/mol. The van der Waals surface area contributed by atoms with Gasteiger partial charge in [0, 0.05) is 22.7 Å². The summed E-state index contributed by atoms with van der Waals surface area (Å²) in [5, 5.41) is 20.3. The van der Waals surface area contributed by atoms with Crippen LogP contribution < -0.4 is 5.32 Å². The van der Waals surface area contributed by atoms with E-state index in [-0.39, 0.29) is 5.57 Å². The Kier molecular flexibility index (Phi) is 4.13. The van der Waals surface area contributed by atoms with E-state index in [1.54, 1.807) is 18.3 Å². The largest absolute Gasteiger partial charge is 0.361 e. The normalized spacial score (nSPS) is 10.7. The lowest BCUT2D eigenvalue weighted by Gasteiger charge is -1.99. The molecule has 2 aromatic rings. The molecule has 6 nitrogen and oxygen atoms in total. The lowest BCUT2D eigenvalue weighted by atomic mass is 10.1. The van der Waals surface area contributed by atoms with Crippen molar-refractivity contribution >= 4 is 28.8 Å². The van der Waals surface area contributed by atoms with Crippen molar-refractivity contribution in [2.24, 2.45) is 0 Å². The Balaban J connectivity index is 2.29. The van der Waals surface area contributed by atoms with E-state index in [9.17, 15) is 9.59 Å². The van der Waals surface area contributed by atoms with Crippen LogP contribution in [0.3, 0.4) is 0 Å². The fourth-order valence-electron chi connectivity index (χ4n) is 1.83. The molecule has 2 rings (SSSR count). The molecule has 102 valence electrons. The minimum Gasteiger partial charge on any atom is -0.361 e. The molecular formula is C15H10N4O2. The Bertz CT molecular complexity index is 818. The SMILES string of the molecule is N#CCC(=O)NC(=O)/C(C#N)=C/c1c[nH]c2ccccc12.